The van der Waals surface area contributed by atoms with E-state index in [1.54, 1.807) is 4.90 Å². The summed E-state index contributed by atoms with van der Waals surface area (Å²) in [6, 6.07) is 2.15. The zero-order valence-corrected chi connectivity index (χ0v) is 9.12. The van der Waals surface area contributed by atoms with Crippen molar-refractivity contribution in [3.05, 3.63) is 0 Å². The molecule has 0 aliphatic heterocycles. The average molecular weight is 204 g/mol. The summed E-state index contributed by atoms with van der Waals surface area (Å²) < 4.78 is 0. The van der Waals surface area contributed by atoms with Gasteiger partial charge in [-0.1, -0.05) is 12.8 Å². The van der Waals surface area contributed by atoms with E-state index in [1.165, 1.54) is 0 Å². The van der Waals surface area contributed by atoms with Crippen molar-refractivity contribution in [1.82, 2.24) is 4.90 Å². The highest BCUT2D eigenvalue weighted by Crippen LogP contribution is 2.41. The lowest BCUT2D eigenvalue weighted by Crippen LogP contribution is -2.47. The van der Waals surface area contributed by atoms with Gasteiger partial charge in [-0.15, -0.1) is 6.42 Å². The fourth-order valence-electron chi connectivity index (χ4n) is 1.84. The van der Waals surface area contributed by atoms with Crippen LogP contribution < -0.4 is 0 Å². The highest BCUT2D eigenvalue weighted by Gasteiger charge is 2.46. The van der Waals surface area contributed by atoms with Gasteiger partial charge in [-0.3, -0.25) is 4.79 Å². The van der Waals surface area contributed by atoms with Gasteiger partial charge in [0.05, 0.1) is 12.6 Å². The standard InChI is InChI=1S/C12H16N2O/c1-3-8-14(9-4-2)11(15)12(10-13)6-5-7-12/h1H,4-9H2,2H3. The summed E-state index contributed by atoms with van der Waals surface area (Å²) in [5.41, 5.74) is -0.758. The van der Waals surface area contributed by atoms with Crippen LogP contribution in [-0.2, 0) is 4.79 Å². The zero-order valence-electron chi connectivity index (χ0n) is 9.12. The average Bonchev–Trinajstić information content (AvgIpc) is 2.16. The van der Waals surface area contributed by atoms with Crippen LogP contribution in [0.25, 0.3) is 0 Å². The monoisotopic (exact) mass is 204 g/mol. The third-order valence-corrected chi connectivity index (χ3v) is 2.89. The SMILES string of the molecule is C#CCN(CCC)C(=O)C1(C#N)CCC1. The van der Waals surface area contributed by atoms with E-state index in [2.05, 4.69) is 12.0 Å². The van der Waals surface area contributed by atoms with Gasteiger partial charge in [0.15, 0.2) is 0 Å². The molecule has 0 unspecified atom stereocenters. The molecule has 0 bridgehead atoms. The predicted molar refractivity (Wildman–Crippen MR) is 57.6 cm³/mol. The second kappa shape index (κ2) is 4.84. The van der Waals surface area contributed by atoms with Gasteiger partial charge in [-0.25, -0.2) is 0 Å². The fraction of sp³-hybridized carbons (Fsp3) is 0.667. The summed E-state index contributed by atoms with van der Waals surface area (Å²) in [5, 5.41) is 9.04. The zero-order chi connectivity index (χ0) is 11.3. The lowest BCUT2D eigenvalue weighted by Gasteiger charge is -2.37. The second-order valence-corrected chi connectivity index (χ2v) is 3.98. The van der Waals surface area contributed by atoms with E-state index in [1.807, 2.05) is 6.92 Å². The first-order chi connectivity index (χ1) is 7.20. The summed E-state index contributed by atoms with van der Waals surface area (Å²) in [6.07, 6.45) is 8.43. The molecule has 0 spiro atoms. The predicted octanol–water partition coefficient (Wildman–Crippen LogP) is 1.55. The minimum atomic E-state index is -0.758. The van der Waals surface area contributed by atoms with Crippen LogP contribution in [-0.4, -0.2) is 23.9 Å². The Hall–Kier alpha value is -1.48. The van der Waals surface area contributed by atoms with Crippen molar-refractivity contribution in [2.24, 2.45) is 5.41 Å². The Balaban J connectivity index is 2.72. The van der Waals surface area contributed by atoms with Crippen LogP contribution in [0.4, 0.5) is 0 Å². The van der Waals surface area contributed by atoms with Gasteiger partial charge < -0.3 is 4.90 Å². The van der Waals surface area contributed by atoms with Crippen LogP contribution in [0.3, 0.4) is 0 Å². The van der Waals surface area contributed by atoms with Crippen molar-refractivity contribution in [2.45, 2.75) is 32.6 Å². The van der Waals surface area contributed by atoms with Crippen LogP contribution in [0.2, 0.25) is 0 Å². The summed E-state index contributed by atoms with van der Waals surface area (Å²) >= 11 is 0. The number of carbonyl (C=O) groups is 1. The first-order valence-electron chi connectivity index (χ1n) is 5.34. The molecule has 0 N–H and O–H groups in total. The van der Waals surface area contributed by atoms with Gasteiger partial charge in [0.2, 0.25) is 5.91 Å². The quantitative estimate of drug-likeness (QED) is 0.652. The highest BCUT2D eigenvalue weighted by molar-refractivity contribution is 5.86. The van der Waals surface area contributed by atoms with E-state index >= 15 is 0 Å². The molecule has 1 aliphatic carbocycles. The molecule has 1 saturated carbocycles. The molecule has 3 heteroatoms. The van der Waals surface area contributed by atoms with Gasteiger partial charge in [-0.2, -0.15) is 5.26 Å². The number of nitriles is 1. The molecule has 0 atom stereocenters. The summed E-state index contributed by atoms with van der Waals surface area (Å²) in [4.78, 5) is 13.7. The van der Waals surface area contributed by atoms with E-state index in [4.69, 9.17) is 11.7 Å². The van der Waals surface area contributed by atoms with Gasteiger partial charge in [-0.05, 0) is 25.7 Å². The molecule has 3 nitrogen and oxygen atoms in total. The van der Waals surface area contributed by atoms with Gasteiger partial charge in [0.25, 0.3) is 0 Å². The number of hydrogen-bond acceptors (Lipinski definition) is 2. The molecule has 0 radical (unpaired) electrons. The van der Waals surface area contributed by atoms with Crippen molar-refractivity contribution in [2.75, 3.05) is 13.1 Å². The maximum atomic E-state index is 12.1. The van der Waals surface area contributed by atoms with Crippen molar-refractivity contribution < 1.29 is 4.79 Å². The molecule has 0 heterocycles. The third kappa shape index (κ3) is 2.13. The maximum absolute atomic E-state index is 12.1. The molecule has 80 valence electrons. The van der Waals surface area contributed by atoms with Crippen LogP contribution in [0.15, 0.2) is 0 Å². The van der Waals surface area contributed by atoms with Crippen LogP contribution in [0.5, 0.6) is 0 Å². The van der Waals surface area contributed by atoms with Crippen LogP contribution in [0.1, 0.15) is 32.6 Å². The van der Waals surface area contributed by atoms with E-state index in [0.717, 1.165) is 12.8 Å². The Labute approximate surface area is 91.1 Å². The molecular weight excluding hydrogens is 188 g/mol. The lowest BCUT2D eigenvalue weighted by molar-refractivity contribution is -0.142. The highest BCUT2D eigenvalue weighted by atomic mass is 16.2. The third-order valence-electron chi connectivity index (χ3n) is 2.89. The maximum Gasteiger partial charge on any atom is 0.243 e. The van der Waals surface area contributed by atoms with Crippen molar-refractivity contribution in [1.29, 1.82) is 5.26 Å². The number of carbonyl (C=O) groups excluding carboxylic acids is 1. The van der Waals surface area contributed by atoms with E-state index in [0.29, 0.717) is 25.9 Å². The van der Waals surface area contributed by atoms with E-state index in [-0.39, 0.29) is 5.91 Å². The number of terminal acetylenes is 1. The lowest BCUT2D eigenvalue weighted by atomic mass is 9.69. The second-order valence-electron chi connectivity index (χ2n) is 3.98. The number of hydrogen-bond donors (Lipinski definition) is 0. The number of amides is 1. The summed E-state index contributed by atoms with van der Waals surface area (Å²) in [6.45, 7) is 2.96. The largest absolute Gasteiger partial charge is 0.330 e. The fourth-order valence-corrected chi connectivity index (χ4v) is 1.84. The topological polar surface area (TPSA) is 44.1 Å². The smallest absolute Gasteiger partial charge is 0.243 e. The normalized spacial score (nSPS) is 17.0. The molecule has 0 aromatic carbocycles. The van der Waals surface area contributed by atoms with Crippen LogP contribution >= 0.6 is 0 Å². The molecule has 0 saturated heterocycles. The first-order valence-corrected chi connectivity index (χ1v) is 5.34. The molecule has 1 fully saturated rings. The van der Waals surface area contributed by atoms with E-state index in [9.17, 15) is 4.79 Å². The Bertz CT molecular complexity index is 317. The number of rotatable bonds is 4. The Kier molecular flexibility index (Phi) is 3.74. The first kappa shape index (κ1) is 11.6. The van der Waals surface area contributed by atoms with E-state index < -0.39 is 5.41 Å². The number of nitrogens with zero attached hydrogens (tertiary/aromatic N) is 2. The summed E-state index contributed by atoms with van der Waals surface area (Å²) in [7, 11) is 0. The van der Waals surface area contributed by atoms with Gasteiger partial charge in [0.1, 0.15) is 5.41 Å². The van der Waals surface area contributed by atoms with Crippen molar-refractivity contribution >= 4 is 5.91 Å². The molecule has 0 aromatic heterocycles. The van der Waals surface area contributed by atoms with Gasteiger partial charge >= 0.3 is 0 Å². The minimum absolute atomic E-state index is 0.0731. The molecular formula is C12H16N2O. The molecule has 0 aromatic rings. The Morgan fingerprint density at radius 3 is 2.60 bits per heavy atom. The summed E-state index contributed by atoms with van der Waals surface area (Å²) in [5.74, 6) is 2.40. The molecule has 1 rings (SSSR count). The molecule has 1 amide bonds. The van der Waals surface area contributed by atoms with Crippen molar-refractivity contribution in [3.63, 3.8) is 0 Å². The van der Waals surface area contributed by atoms with Crippen molar-refractivity contribution in [3.8, 4) is 18.4 Å². The minimum Gasteiger partial charge on any atom is -0.330 e. The molecule has 1 aliphatic rings. The molecule has 15 heavy (non-hydrogen) atoms. The van der Waals surface area contributed by atoms with Gasteiger partial charge in [0, 0.05) is 6.54 Å². The Morgan fingerprint density at radius 2 is 2.27 bits per heavy atom. The van der Waals surface area contributed by atoms with Crippen LogP contribution in [0, 0.1) is 29.1 Å². The Morgan fingerprint density at radius 1 is 1.60 bits per heavy atom.